The maximum absolute atomic E-state index is 10.9. The number of carbonyl (C=O) groups excluding carboxylic acids is 1. The number of hydrogen-bond acceptors (Lipinski definition) is 2. The molecule has 2 nitrogen and oxygen atoms in total. The molecule has 0 unspecified atom stereocenters. The van der Waals surface area contributed by atoms with Gasteiger partial charge in [0.25, 0.3) is 0 Å². The van der Waals surface area contributed by atoms with Gasteiger partial charge in [-0.15, -0.1) is 0 Å². The fourth-order valence-electron chi connectivity index (χ4n) is 1.25. The maximum atomic E-state index is 10.9. The third kappa shape index (κ3) is 3.58. The third-order valence-electron chi connectivity index (χ3n) is 2.19. The molecule has 0 heterocycles. The second-order valence-electron chi connectivity index (χ2n) is 3.68. The standard InChI is InChI=1S/C13H16O2/c1-10(2)12-6-4-5-11(9-12)7-8-13(14)15-3/h4-10H,1-3H3. The van der Waals surface area contributed by atoms with Crippen LogP contribution in [0.15, 0.2) is 30.3 Å². The Hall–Kier alpha value is -1.57. The minimum absolute atomic E-state index is 0.329. The highest BCUT2D eigenvalue weighted by molar-refractivity contribution is 5.86. The summed E-state index contributed by atoms with van der Waals surface area (Å²) in [5.41, 5.74) is 2.29. The Bertz CT molecular complexity index is 365. The second-order valence-corrected chi connectivity index (χ2v) is 3.68. The van der Waals surface area contributed by atoms with Gasteiger partial charge in [-0.05, 0) is 23.1 Å². The minimum atomic E-state index is -0.329. The van der Waals surface area contributed by atoms with Gasteiger partial charge in [0.1, 0.15) is 0 Å². The van der Waals surface area contributed by atoms with Crippen LogP contribution in [0.4, 0.5) is 0 Å². The number of ether oxygens (including phenoxy) is 1. The monoisotopic (exact) mass is 204 g/mol. The van der Waals surface area contributed by atoms with E-state index in [4.69, 9.17) is 0 Å². The zero-order valence-corrected chi connectivity index (χ0v) is 9.36. The number of methoxy groups -OCH3 is 1. The molecule has 0 aliphatic rings. The lowest BCUT2D eigenvalue weighted by atomic mass is 10.0. The van der Waals surface area contributed by atoms with Crippen LogP contribution in [0.1, 0.15) is 30.9 Å². The van der Waals surface area contributed by atoms with Gasteiger partial charge < -0.3 is 4.74 Å². The highest BCUT2D eigenvalue weighted by atomic mass is 16.5. The average Bonchev–Trinajstić information content (AvgIpc) is 2.26. The van der Waals surface area contributed by atoms with E-state index in [9.17, 15) is 4.79 Å². The normalized spacial score (nSPS) is 10.9. The lowest BCUT2D eigenvalue weighted by molar-refractivity contribution is -0.134. The number of carbonyl (C=O) groups is 1. The molecule has 2 heteroatoms. The molecule has 0 N–H and O–H groups in total. The SMILES string of the molecule is COC(=O)C=Cc1cccc(C(C)C)c1. The van der Waals surface area contributed by atoms with E-state index in [2.05, 4.69) is 30.7 Å². The number of rotatable bonds is 3. The van der Waals surface area contributed by atoms with Gasteiger partial charge in [0, 0.05) is 6.08 Å². The Morgan fingerprint density at radius 2 is 2.13 bits per heavy atom. The molecule has 0 aliphatic carbocycles. The molecule has 0 bridgehead atoms. The van der Waals surface area contributed by atoms with Crippen LogP contribution in [-0.4, -0.2) is 13.1 Å². The van der Waals surface area contributed by atoms with Gasteiger partial charge in [-0.1, -0.05) is 38.1 Å². The summed E-state index contributed by atoms with van der Waals surface area (Å²) in [5, 5.41) is 0. The summed E-state index contributed by atoms with van der Waals surface area (Å²) < 4.78 is 4.52. The molecule has 0 radical (unpaired) electrons. The van der Waals surface area contributed by atoms with E-state index in [1.54, 1.807) is 6.08 Å². The average molecular weight is 204 g/mol. The Balaban J connectivity index is 2.82. The van der Waals surface area contributed by atoms with Crippen LogP contribution in [-0.2, 0) is 9.53 Å². The van der Waals surface area contributed by atoms with Gasteiger partial charge in [0.05, 0.1) is 7.11 Å². The largest absolute Gasteiger partial charge is 0.466 e. The molecule has 0 saturated heterocycles. The minimum Gasteiger partial charge on any atom is -0.466 e. The van der Waals surface area contributed by atoms with Gasteiger partial charge in [0.2, 0.25) is 0 Å². The van der Waals surface area contributed by atoms with Crippen molar-refractivity contribution in [1.29, 1.82) is 0 Å². The summed E-state index contributed by atoms with van der Waals surface area (Å²) in [7, 11) is 1.37. The van der Waals surface area contributed by atoms with E-state index in [0.717, 1.165) is 5.56 Å². The van der Waals surface area contributed by atoms with Crippen LogP contribution < -0.4 is 0 Å². The predicted molar refractivity (Wildman–Crippen MR) is 61.6 cm³/mol. The molecule has 0 amide bonds. The van der Waals surface area contributed by atoms with E-state index in [1.807, 2.05) is 12.1 Å². The molecule has 0 aliphatic heterocycles. The zero-order chi connectivity index (χ0) is 11.3. The summed E-state index contributed by atoms with van der Waals surface area (Å²) in [4.78, 5) is 10.9. The number of benzene rings is 1. The van der Waals surface area contributed by atoms with Crippen molar-refractivity contribution in [2.24, 2.45) is 0 Å². The molecule has 1 aromatic carbocycles. The van der Waals surface area contributed by atoms with Crippen LogP contribution in [0.25, 0.3) is 6.08 Å². The number of hydrogen-bond donors (Lipinski definition) is 0. The number of esters is 1. The molecular weight excluding hydrogens is 188 g/mol. The van der Waals surface area contributed by atoms with Crippen LogP contribution >= 0.6 is 0 Å². The van der Waals surface area contributed by atoms with Crippen molar-refractivity contribution in [2.75, 3.05) is 7.11 Å². The van der Waals surface area contributed by atoms with E-state index >= 15 is 0 Å². The van der Waals surface area contributed by atoms with Gasteiger partial charge >= 0.3 is 5.97 Å². The fourth-order valence-corrected chi connectivity index (χ4v) is 1.25. The summed E-state index contributed by atoms with van der Waals surface area (Å²) in [6.45, 7) is 4.28. The molecule has 0 spiro atoms. The quantitative estimate of drug-likeness (QED) is 0.559. The van der Waals surface area contributed by atoms with Crippen molar-refractivity contribution < 1.29 is 9.53 Å². The van der Waals surface area contributed by atoms with Crippen molar-refractivity contribution in [1.82, 2.24) is 0 Å². The van der Waals surface area contributed by atoms with Gasteiger partial charge in [-0.3, -0.25) is 0 Å². The molecule has 80 valence electrons. The summed E-state index contributed by atoms with van der Waals surface area (Å²) in [6.07, 6.45) is 3.19. The van der Waals surface area contributed by atoms with E-state index in [1.165, 1.54) is 18.7 Å². The van der Waals surface area contributed by atoms with E-state index in [0.29, 0.717) is 5.92 Å². The first-order valence-corrected chi connectivity index (χ1v) is 4.99. The molecule has 0 aromatic heterocycles. The predicted octanol–water partition coefficient (Wildman–Crippen LogP) is 3.00. The van der Waals surface area contributed by atoms with Crippen molar-refractivity contribution in [3.63, 3.8) is 0 Å². The Labute approximate surface area is 90.6 Å². The molecule has 1 aromatic rings. The van der Waals surface area contributed by atoms with Crippen LogP contribution in [0, 0.1) is 0 Å². The molecular formula is C13H16O2. The smallest absolute Gasteiger partial charge is 0.330 e. The summed E-state index contributed by atoms with van der Waals surface area (Å²) in [6, 6.07) is 8.11. The molecule has 0 fully saturated rings. The van der Waals surface area contributed by atoms with Crippen molar-refractivity contribution in [3.05, 3.63) is 41.5 Å². The molecule has 15 heavy (non-hydrogen) atoms. The fraction of sp³-hybridized carbons (Fsp3) is 0.308. The molecule has 1 rings (SSSR count). The van der Waals surface area contributed by atoms with Crippen molar-refractivity contribution >= 4 is 12.0 Å². The highest BCUT2D eigenvalue weighted by Crippen LogP contribution is 2.16. The Morgan fingerprint density at radius 1 is 1.40 bits per heavy atom. The zero-order valence-electron chi connectivity index (χ0n) is 9.36. The third-order valence-corrected chi connectivity index (χ3v) is 2.19. The van der Waals surface area contributed by atoms with Crippen LogP contribution in [0.5, 0.6) is 0 Å². The van der Waals surface area contributed by atoms with Crippen molar-refractivity contribution in [2.45, 2.75) is 19.8 Å². The van der Waals surface area contributed by atoms with Gasteiger partial charge in [-0.2, -0.15) is 0 Å². The first-order chi connectivity index (χ1) is 7.13. The lowest BCUT2D eigenvalue weighted by Crippen LogP contribution is -1.93. The highest BCUT2D eigenvalue weighted by Gasteiger charge is 1.98. The Kier molecular flexibility index (Phi) is 4.10. The second kappa shape index (κ2) is 5.35. The first kappa shape index (κ1) is 11.5. The maximum Gasteiger partial charge on any atom is 0.330 e. The molecule has 0 atom stereocenters. The van der Waals surface area contributed by atoms with Crippen LogP contribution in [0.3, 0.4) is 0 Å². The van der Waals surface area contributed by atoms with E-state index in [-0.39, 0.29) is 5.97 Å². The lowest BCUT2D eigenvalue weighted by Gasteiger charge is -2.05. The van der Waals surface area contributed by atoms with Gasteiger partial charge in [-0.25, -0.2) is 4.79 Å². The van der Waals surface area contributed by atoms with Gasteiger partial charge in [0.15, 0.2) is 0 Å². The first-order valence-electron chi connectivity index (χ1n) is 4.99. The Morgan fingerprint density at radius 3 is 2.73 bits per heavy atom. The van der Waals surface area contributed by atoms with E-state index < -0.39 is 0 Å². The topological polar surface area (TPSA) is 26.3 Å². The van der Waals surface area contributed by atoms with Crippen LogP contribution in [0.2, 0.25) is 0 Å². The van der Waals surface area contributed by atoms with Crippen molar-refractivity contribution in [3.8, 4) is 0 Å². The molecule has 0 saturated carbocycles. The summed E-state index contributed by atoms with van der Waals surface area (Å²) in [5.74, 6) is 0.168. The summed E-state index contributed by atoms with van der Waals surface area (Å²) >= 11 is 0.